The van der Waals surface area contributed by atoms with E-state index in [0.29, 0.717) is 23.9 Å². The number of ether oxygens (including phenoxy) is 1. The van der Waals surface area contributed by atoms with Crippen LogP contribution < -0.4 is 10.5 Å². The third-order valence-electron chi connectivity index (χ3n) is 3.20. The van der Waals surface area contributed by atoms with Gasteiger partial charge in [0.15, 0.2) is 0 Å². The summed E-state index contributed by atoms with van der Waals surface area (Å²) in [6, 6.07) is 12.0. The molecule has 100 valence electrons. The minimum Gasteiger partial charge on any atom is -0.487 e. The van der Waals surface area contributed by atoms with Crippen LogP contribution in [0.1, 0.15) is 22.3 Å². The van der Waals surface area contributed by atoms with Gasteiger partial charge in [-0.3, -0.25) is 0 Å². The monoisotopic (exact) mass is 275 g/mol. The number of aryl methyl sites for hydroxylation is 2. The van der Waals surface area contributed by atoms with Gasteiger partial charge in [-0.1, -0.05) is 35.9 Å². The molecule has 2 aromatic rings. The summed E-state index contributed by atoms with van der Waals surface area (Å²) in [6.07, 6.45) is 0. The first-order valence-corrected chi connectivity index (χ1v) is 6.65. The van der Waals surface area contributed by atoms with Gasteiger partial charge in [-0.05, 0) is 48.2 Å². The molecule has 2 N–H and O–H groups in total. The average molecular weight is 276 g/mol. The Bertz CT molecular complexity index is 581. The second kappa shape index (κ2) is 6.09. The Labute approximate surface area is 119 Å². The van der Waals surface area contributed by atoms with Crippen LogP contribution in [0.3, 0.4) is 0 Å². The predicted octanol–water partition coefficient (Wildman–Crippen LogP) is 3.99. The molecule has 0 saturated carbocycles. The van der Waals surface area contributed by atoms with E-state index < -0.39 is 0 Å². The Morgan fingerprint density at radius 3 is 2.37 bits per heavy atom. The van der Waals surface area contributed by atoms with Gasteiger partial charge in [-0.25, -0.2) is 0 Å². The van der Waals surface area contributed by atoms with E-state index in [1.54, 1.807) is 0 Å². The fourth-order valence-electron chi connectivity index (χ4n) is 1.84. The summed E-state index contributed by atoms with van der Waals surface area (Å²) in [5.74, 6) is 0.692. The molecule has 19 heavy (non-hydrogen) atoms. The molecule has 3 heteroatoms. The Hall–Kier alpha value is -1.51. The Morgan fingerprint density at radius 1 is 1.00 bits per heavy atom. The van der Waals surface area contributed by atoms with Crippen molar-refractivity contribution in [2.45, 2.75) is 27.0 Å². The third kappa shape index (κ3) is 3.49. The van der Waals surface area contributed by atoms with Crippen molar-refractivity contribution in [1.29, 1.82) is 0 Å². The standard InChI is InChI=1S/C16H18ClNO/c1-11-3-4-14(7-12(11)2)10-19-16-6-5-13(9-18)8-15(16)17/h3-8H,9-10,18H2,1-2H3. The predicted molar refractivity (Wildman–Crippen MR) is 79.6 cm³/mol. The summed E-state index contributed by atoms with van der Waals surface area (Å²) in [7, 11) is 0. The maximum Gasteiger partial charge on any atom is 0.138 e. The van der Waals surface area contributed by atoms with Gasteiger partial charge in [-0.2, -0.15) is 0 Å². The molecular weight excluding hydrogens is 258 g/mol. The van der Waals surface area contributed by atoms with Crippen LogP contribution >= 0.6 is 11.6 Å². The molecule has 0 aromatic heterocycles. The minimum atomic E-state index is 0.483. The van der Waals surface area contributed by atoms with Gasteiger partial charge in [0.1, 0.15) is 12.4 Å². The summed E-state index contributed by atoms with van der Waals surface area (Å²) >= 11 is 6.15. The van der Waals surface area contributed by atoms with Crippen LogP contribution in [0.2, 0.25) is 5.02 Å². The lowest BCUT2D eigenvalue weighted by Crippen LogP contribution is -1.99. The van der Waals surface area contributed by atoms with Crippen molar-refractivity contribution in [3.63, 3.8) is 0 Å². The van der Waals surface area contributed by atoms with Crippen molar-refractivity contribution in [2.75, 3.05) is 0 Å². The van der Waals surface area contributed by atoms with E-state index in [0.717, 1.165) is 11.1 Å². The SMILES string of the molecule is Cc1ccc(COc2ccc(CN)cc2Cl)cc1C. The Kier molecular flexibility index (Phi) is 4.46. The van der Waals surface area contributed by atoms with E-state index in [2.05, 4.69) is 32.0 Å². The maximum atomic E-state index is 6.15. The first kappa shape index (κ1) is 13.9. The molecule has 0 heterocycles. The molecule has 2 rings (SSSR count). The van der Waals surface area contributed by atoms with Crippen LogP contribution in [0, 0.1) is 13.8 Å². The molecule has 0 aliphatic carbocycles. The number of benzene rings is 2. The fraction of sp³-hybridized carbons (Fsp3) is 0.250. The lowest BCUT2D eigenvalue weighted by Gasteiger charge is -2.10. The van der Waals surface area contributed by atoms with Crippen LogP contribution in [0.5, 0.6) is 5.75 Å². The summed E-state index contributed by atoms with van der Waals surface area (Å²) in [5.41, 5.74) is 10.3. The number of hydrogen-bond donors (Lipinski definition) is 1. The summed E-state index contributed by atoms with van der Waals surface area (Å²) in [4.78, 5) is 0. The summed E-state index contributed by atoms with van der Waals surface area (Å²) in [6.45, 7) is 5.20. The highest BCUT2D eigenvalue weighted by Crippen LogP contribution is 2.26. The van der Waals surface area contributed by atoms with Crippen molar-refractivity contribution in [1.82, 2.24) is 0 Å². The lowest BCUT2D eigenvalue weighted by atomic mass is 10.1. The number of rotatable bonds is 4. The molecule has 0 spiro atoms. The van der Waals surface area contributed by atoms with Crippen LogP contribution in [0.4, 0.5) is 0 Å². The van der Waals surface area contributed by atoms with Crippen molar-refractivity contribution >= 4 is 11.6 Å². The van der Waals surface area contributed by atoms with E-state index in [9.17, 15) is 0 Å². The van der Waals surface area contributed by atoms with E-state index in [-0.39, 0.29) is 0 Å². The molecule has 2 nitrogen and oxygen atoms in total. The van der Waals surface area contributed by atoms with E-state index in [1.165, 1.54) is 11.1 Å². The zero-order valence-corrected chi connectivity index (χ0v) is 12.0. The van der Waals surface area contributed by atoms with Gasteiger partial charge < -0.3 is 10.5 Å². The van der Waals surface area contributed by atoms with Crippen LogP contribution in [-0.4, -0.2) is 0 Å². The lowest BCUT2D eigenvalue weighted by molar-refractivity contribution is 0.306. The van der Waals surface area contributed by atoms with Crippen LogP contribution in [-0.2, 0) is 13.2 Å². The normalized spacial score (nSPS) is 10.5. The first-order valence-electron chi connectivity index (χ1n) is 6.27. The highest BCUT2D eigenvalue weighted by Gasteiger charge is 2.04. The molecule has 0 amide bonds. The zero-order chi connectivity index (χ0) is 13.8. The van der Waals surface area contributed by atoms with Gasteiger partial charge in [0.25, 0.3) is 0 Å². The van der Waals surface area contributed by atoms with Crippen LogP contribution in [0.25, 0.3) is 0 Å². The molecular formula is C16H18ClNO. The molecule has 0 unspecified atom stereocenters. The zero-order valence-electron chi connectivity index (χ0n) is 11.2. The highest BCUT2D eigenvalue weighted by atomic mass is 35.5. The molecule has 0 radical (unpaired) electrons. The average Bonchev–Trinajstić information content (AvgIpc) is 2.41. The molecule has 0 aliphatic heterocycles. The molecule has 0 aliphatic rings. The molecule has 2 aromatic carbocycles. The fourth-order valence-corrected chi connectivity index (χ4v) is 2.10. The summed E-state index contributed by atoms with van der Waals surface area (Å²) < 4.78 is 5.74. The molecule has 0 bridgehead atoms. The topological polar surface area (TPSA) is 35.2 Å². The number of halogens is 1. The van der Waals surface area contributed by atoms with E-state index >= 15 is 0 Å². The smallest absolute Gasteiger partial charge is 0.138 e. The first-order chi connectivity index (χ1) is 9.10. The van der Waals surface area contributed by atoms with Crippen molar-refractivity contribution in [2.24, 2.45) is 5.73 Å². The van der Waals surface area contributed by atoms with Gasteiger partial charge in [-0.15, -0.1) is 0 Å². The molecule has 0 saturated heterocycles. The van der Waals surface area contributed by atoms with Crippen molar-refractivity contribution in [3.05, 3.63) is 63.7 Å². The largest absolute Gasteiger partial charge is 0.487 e. The quantitative estimate of drug-likeness (QED) is 0.915. The summed E-state index contributed by atoms with van der Waals surface area (Å²) in [5, 5.41) is 0.604. The van der Waals surface area contributed by atoms with E-state index in [4.69, 9.17) is 22.1 Å². The second-order valence-corrected chi connectivity index (χ2v) is 5.08. The van der Waals surface area contributed by atoms with Gasteiger partial charge in [0.2, 0.25) is 0 Å². The maximum absolute atomic E-state index is 6.15. The van der Waals surface area contributed by atoms with Gasteiger partial charge in [0, 0.05) is 6.54 Å². The molecule has 0 atom stereocenters. The van der Waals surface area contributed by atoms with Gasteiger partial charge in [0.05, 0.1) is 5.02 Å². The third-order valence-corrected chi connectivity index (χ3v) is 3.49. The van der Waals surface area contributed by atoms with Crippen LogP contribution in [0.15, 0.2) is 36.4 Å². The van der Waals surface area contributed by atoms with E-state index in [1.807, 2.05) is 18.2 Å². The highest BCUT2D eigenvalue weighted by molar-refractivity contribution is 6.32. The van der Waals surface area contributed by atoms with Crippen molar-refractivity contribution < 1.29 is 4.74 Å². The molecule has 0 fully saturated rings. The van der Waals surface area contributed by atoms with Gasteiger partial charge >= 0.3 is 0 Å². The number of nitrogens with two attached hydrogens (primary N) is 1. The Balaban J connectivity index is 2.07. The number of hydrogen-bond acceptors (Lipinski definition) is 2. The second-order valence-electron chi connectivity index (χ2n) is 4.68. The van der Waals surface area contributed by atoms with Crippen molar-refractivity contribution in [3.8, 4) is 5.75 Å². The Morgan fingerprint density at radius 2 is 1.74 bits per heavy atom. The minimum absolute atomic E-state index is 0.483.